The number of rotatable bonds is 3. The molecule has 0 saturated carbocycles. The van der Waals surface area contributed by atoms with Crippen molar-refractivity contribution in [3.05, 3.63) is 0 Å². The molecular formula is C14H21BrO2. The topological polar surface area (TPSA) is 18.5 Å². The number of fused-ring (bicyclic) bond motifs is 2. The number of hydrogen-bond acceptors (Lipinski definition) is 2. The number of alkyl halides is 1. The molecule has 0 aromatic carbocycles. The molecule has 2 saturated heterocycles. The van der Waals surface area contributed by atoms with Gasteiger partial charge in [0.15, 0.2) is 0 Å². The van der Waals surface area contributed by atoms with E-state index in [0.29, 0.717) is 17.4 Å². The highest BCUT2D eigenvalue weighted by Crippen LogP contribution is 2.57. The Morgan fingerprint density at radius 2 is 2.18 bits per heavy atom. The van der Waals surface area contributed by atoms with E-state index in [1.54, 1.807) is 0 Å². The summed E-state index contributed by atoms with van der Waals surface area (Å²) >= 11 is 3.79. The molecule has 96 valence electrons. The predicted molar refractivity (Wildman–Crippen MR) is 72.2 cm³/mol. The van der Waals surface area contributed by atoms with E-state index in [-0.39, 0.29) is 17.3 Å². The summed E-state index contributed by atoms with van der Waals surface area (Å²) in [5.41, 5.74) is -0.201. The lowest BCUT2D eigenvalue weighted by atomic mass is 9.75. The van der Waals surface area contributed by atoms with Crippen LogP contribution in [0.5, 0.6) is 0 Å². The molecule has 2 aliphatic rings. The molecule has 17 heavy (non-hydrogen) atoms. The maximum atomic E-state index is 6.34. The first-order chi connectivity index (χ1) is 7.94. The van der Waals surface area contributed by atoms with Crippen molar-refractivity contribution in [3.8, 4) is 11.8 Å². The quantitative estimate of drug-likeness (QED) is 0.589. The molecule has 0 unspecified atom stereocenters. The third kappa shape index (κ3) is 2.05. The van der Waals surface area contributed by atoms with Gasteiger partial charge < -0.3 is 9.47 Å². The number of hydrogen-bond donors (Lipinski definition) is 0. The van der Waals surface area contributed by atoms with Gasteiger partial charge in [-0.15, -0.1) is 5.92 Å². The lowest BCUT2D eigenvalue weighted by molar-refractivity contribution is -0.0886. The third-order valence-electron chi connectivity index (χ3n) is 4.23. The molecule has 2 nitrogen and oxygen atoms in total. The standard InChI is InChI=1S/C14H21BrO2/c1-5-6-7-16-12-9-14(10(2)3)11(15)8-13(12,4)17-14/h10-12H,7-9H2,1-4H3/t11-,12+,13-,14+/m0/s1. The minimum Gasteiger partial charge on any atom is -0.365 e. The third-order valence-corrected chi connectivity index (χ3v) is 5.33. The molecule has 0 aromatic rings. The Bertz CT molecular complexity index is 357. The van der Waals surface area contributed by atoms with Gasteiger partial charge in [0, 0.05) is 11.2 Å². The normalized spacial score (nSPS) is 43.9. The average Bonchev–Trinajstić information content (AvgIpc) is 2.67. The maximum Gasteiger partial charge on any atom is 0.108 e. The molecule has 3 heteroatoms. The molecule has 2 heterocycles. The molecule has 2 bridgehead atoms. The molecule has 2 aliphatic heterocycles. The highest BCUT2D eigenvalue weighted by Gasteiger charge is 2.65. The Hall–Kier alpha value is -0.0400. The molecule has 2 rings (SSSR count). The fourth-order valence-electron chi connectivity index (χ4n) is 3.11. The SMILES string of the molecule is CC#CCO[C@@H]1C[C@]2(C(C)C)O[C@@]1(C)C[C@@H]2Br. The lowest BCUT2D eigenvalue weighted by Gasteiger charge is -2.35. The van der Waals surface area contributed by atoms with Gasteiger partial charge in [-0.1, -0.05) is 35.7 Å². The number of halogens is 1. The minimum absolute atomic E-state index is 0.0565. The molecular weight excluding hydrogens is 280 g/mol. The molecule has 0 amide bonds. The minimum atomic E-state index is -0.145. The zero-order chi connectivity index (χ0) is 12.7. The van der Waals surface area contributed by atoms with Crippen molar-refractivity contribution in [1.82, 2.24) is 0 Å². The first kappa shape index (κ1) is 13.4. The van der Waals surface area contributed by atoms with Crippen LogP contribution in [-0.2, 0) is 9.47 Å². The fourth-order valence-corrected chi connectivity index (χ4v) is 4.56. The molecule has 2 fully saturated rings. The van der Waals surface area contributed by atoms with E-state index in [1.807, 2.05) is 6.92 Å². The van der Waals surface area contributed by atoms with E-state index in [0.717, 1.165) is 12.8 Å². The maximum absolute atomic E-state index is 6.34. The van der Waals surface area contributed by atoms with E-state index in [2.05, 4.69) is 48.5 Å². The van der Waals surface area contributed by atoms with Crippen LogP contribution in [0.1, 0.15) is 40.5 Å². The van der Waals surface area contributed by atoms with Gasteiger partial charge in [0.2, 0.25) is 0 Å². The second-order valence-corrected chi connectivity index (χ2v) is 6.73. The zero-order valence-electron chi connectivity index (χ0n) is 11.0. The van der Waals surface area contributed by atoms with Crippen molar-refractivity contribution in [1.29, 1.82) is 0 Å². The van der Waals surface area contributed by atoms with Crippen LogP contribution < -0.4 is 0 Å². The summed E-state index contributed by atoms with van der Waals surface area (Å²) < 4.78 is 12.2. The van der Waals surface area contributed by atoms with Gasteiger partial charge in [-0.05, 0) is 26.2 Å². The van der Waals surface area contributed by atoms with Gasteiger partial charge in [0.05, 0.1) is 17.3 Å². The molecule has 0 radical (unpaired) electrons. The Morgan fingerprint density at radius 1 is 1.47 bits per heavy atom. The van der Waals surface area contributed by atoms with Crippen LogP contribution in [0.2, 0.25) is 0 Å². The first-order valence-corrected chi connectivity index (χ1v) is 7.21. The molecule has 0 spiro atoms. The summed E-state index contributed by atoms with van der Waals surface area (Å²) in [6.07, 6.45) is 2.18. The van der Waals surface area contributed by atoms with Crippen LogP contribution >= 0.6 is 15.9 Å². The van der Waals surface area contributed by atoms with Crippen molar-refractivity contribution in [2.45, 2.75) is 62.7 Å². The number of ether oxygens (including phenoxy) is 2. The summed E-state index contributed by atoms with van der Waals surface area (Å²) in [6.45, 7) is 8.98. The van der Waals surface area contributed by atoms with E-state index >= 15 is 0 Å². The van der Waals surface area contributed by atoms with E-state index in [1.165, 1.54) is 0 Å². The van der Waals surface area contributed by atoms with Crippen LogP contribution in [0.3, 0.4) is 0 Å². The Balaban J connectivity index is 2.12. The average molecular weight is 301 g/mol. The lowest BCUT2D eigenvalue weighted by Crippen LogP contribution is -2.45. The van der Waals surface area contributed by atoms with Gasteiger partial charge in [0.1, 0.15) is 6.61 Å². The van der Waals surface area contributed by atoms with E-state index in [9.17, 15) is 0 Å². The van der Waals surface area contributed by atoms with E-state index < -0.39 is 0 Å². The summed E-state index contributed by atoms with van der Waals surface area (Å²) in [5.74, 6) is 6.33. The van der Waals surface area contributed by atoms with Gasteiger partial charge in [0.25, 0.3) is 0 Å². The van der Waals surface area contributed by atoms with Crippen molar-refractivity contribution >= 4 is 15.9 Å². The van der Waals surface area contributed by atoms with Gasteiger partial charge in [-0.3, -0.25) is 0 Å². The van der Waals surface area contributed by atoms with Crippen molar-refractivity contribution in [2.75, 3.05) is 6.61 Å². The van der Waals surface area contributed by atoms with Crippen molar-refractivity contribution < 1.29 is 9.47 Å². The smallest absolute Gasteiger partial charge is 0.108 e. The van der Waals surface area contributed by atoms with Crippen LogP contribution in [0, 0.1) is 17.8 Å². The van der Waals surface area contributed by atoms with Gasteiger partial charge in [-0.25, -0.2) is 0 Å². The van der Waals surface area contributed by atoms with Gasteiger partial charge in [-0.2, -0.15) is 0 Å². The Labute approximate surface area is 113 Å². The second kappa shape index (κ2) is 4.57. The fraction of sp³-hybridized carbons (Fsp3) is 0.857. The molecule has 0 aliphatic carbocycles. The van der Waals surface area contributed by atoms with Crippen LogP contribution in [0.4, 0.5) is 0 Å². The summed E-state index contributed by atoms with van der Waals surface area (Å²) in [6, 6.07) is 0. The molecule has 0 aromatic heterocycles. The first-order valence-electron chi connectivity index (χ1n) is 6.30. The summed E-state index contributed by atoms with van der Waals surface area (Å²) in [4.78, 5) is 0.442. The molecule has 0 N–H and O–H groups in total. The summed E-state index contributed by atoms with van der Waals surface area (Å²) in [7, 11) is 0. The van der Waals surface area contributed by atoms with Crippen LogP contribution in [0.15, 0.2) is 0 Å². The Kier molecular flexibility index (Phi) is 3.60. The highest BCUT2D eigenvalue weighted by molar-refractivity contribution is 9.09. The molecule has 4 atom stereocenters. The highest BCUT2D eigenvalue weighted by atomic mass is 79.9. The Morgan fingerprint density at radius 3 is 2.71 bits per heavy atom. The monoisotopic (exact) mass is 300 g/mol. The van der Waals surface area contributed by atoms with Crippen molar-refractivity contribution in [3.63, 3.8) is 0 Å². The second-order valence-electron chi connectivity index (χ2n) is 5.63. The van der Waals surface area contributed by atoms with Gasteiger partial charge >= 0.3 is 0 Å². The van der Waals surface area contributed by atoms with Crippen molar-refractivity contribution in [2.24, 2.45) is 5.92 Å². The summed E-state index contributed by atoms with van der Waals surface area (Å²) in [5, 5.41) is 0. The zero-order valence-corrected chi connectivity index (χ0v) is 12.6. The predicted octanol–water partition coefficient (Wildman–Crippen LogP) is 3.14. The van der Waals surface area contributed by atoms with E-state index in [4.69, 9.17) is 9.47 Å². The van der Waals surface area contributed by atoms with Crippen LogP contribution in [0.25, 0.3) is 0 Å². The van der Waals surface area contributed by atoms with Crippen LogP contribution in [-0.4, -0.2) is 28.7 Å². The largest absolute Gasteiger partial charge is 0.365 e.